The van der Waals surface area contributed by atoms with Crippen molar-refractivity contribution in [2.75, 3.05) is 11.1 Å². The zero-order valence-corrected chi connectivity index (χ0v) is 11.0. The van der Waals surface area contributed by atoms with Gasteiger partial charge in [0.05, 0.1) is 17.4 Å². The molecule has 3 N–H and O–H groups in total. The summed E-state index contributed by atoms with van der Waals surface area (Å²) in [4.78, 5) is 4.24. The number of nitrogens with two attached hydrogens (primary N) is 1. The highest BCUT2D eigenvalue weighted by molar-refractivity contribution is 5.57. The molecule has 18 heavy (non-hydrogen) atoms. The van der Waals surface area contributed by atoms with Crippen molar-refractivity contribution in [2.24, 2.45) is 11.8 Å². The van der Waals surface area contributed by atoms with Crippen molar-refractivity contribution >= 4 is 11.5 Å². The third-order valence-corrected chi connectivity index (χ3v) is 4.06. The van der Waals surface area contributed by atoms with E-state index in [1.165, 1.54) is 12.8 Å². The van der Waals surface area contributed by atoms with Crippen LogP contribution in [0.25, 0.3) is 0 Å². The monoisotopic (exact) mass is 244 g/mol. The van der Waals surface area contributed by atoms with E-state index in [9.17, 15) is 0 Å². The van der Waals surface area contributed by atoms with Crippen molar-refractivity contribution in [1.29, 1.82) is 5.26 Å². The van der Waals surface area contributed by atoms with Gasteiger partial charge in [0.15, 0.2) is 0 Å². The third-order valence-electron chi connectivity index (χ3n) is 4.06. The first-order chi connectivity index (χ1) is 8.61. The maximum absolute atomic E-state index is 9.10. The molecule has 3 unspecified atom stereocenters. The predicted molar refractivity (Wildman–Crippen MR) is 73.0 cm³/mol. The summed E-state index contributed by atoms with van der Waals surface area (Å²) >= 11 is 0. The van der Waals surface area contributed by atoms with Gasteiger partial charge in [-0.15, -0.1) is 0 Å². The van der Waals surface area contributed by atoms with Crippen molar-refractivity contribution in [3.63, 3.8) is 0 Å². The number of nitrogen functional groups attached to an aromatic ring is 1. The molecule has 0 spiro atoms. The summed E-state index contributed by atoms with van der Waals surface area (Å²) in [6.07, 6.45) is 5.27. The Balaban J connectivity index is 2.16. The van der Waals surface area contributed by atoms with Gasteiger partial charge in [0.25, 0.3) is 0 Å². The van der Waals surface area contributed by atoms with Crippen LogP contribution in [-0.2, 0) is 0 Å². The topological polar surface area (TPSA) is 74.7 Å². The fraction of sp³-hybridized carbons (Fsp3) is 0.571. The van der Waals surface area contributed by atoms with Gasteiger partial charge in [0, 0.05) is 6.04 Å². The summed E-state index contributed by atoms with van der Waals surface area (Å²) in [5.74, 6) is 1.98. The fourth-order valence-electron chi connectivity index (χ4n) is 2.64. The second kappa shape index (κ2) is 5.26. The van der Waals surface area contributed by atoms with Crippen LogP contribution >= 0.6 is 0 Å². The summed E-state index contributed by atoms with van der Waals surface area (Å²) in [6, 6.07) is 4.22. The van der Waals surface area contributed by atoms with Crippen LogP contribution in [0.2, 0.25) is 0 Å². The number of rotatable bonds is 2. The van der Waals surface area contributed by atoms with E-state index in [2.05, 4.69) is 30.2 Å². The molecule has 1 heterocycles. The Morgan fingerprint density at radius 3 is 2.94 bits per heavy atom. The van der Waals surface area contributed by atoms with Gasteiger partial charge in [-0.2, -0.15) is 5.26 Å². The van der Waals surface area contributed by atoms with Crippen LogP contribution in [0.1, 0.15) is 38.7 Å². The zero-order chi connectivity index (χ0) is 13.1. The lowest BCUT2D eigenvalue weighted by molar-refractivity contribution is 0.253. The average Bonchev–Trinajstić information content (AvgIpc) is 2.37. The maximum Gasteiger partial charge on any atom is 0.144 e. The molecule has 1 fully saturated rings. The molecule has 0 aliphatic heterocycles. The Hall–Kier alpha value is -1.76. The first-order valence-corrected chi connectivity index (χ1v) is 6.54. The summed E-state index contributed by atoms with van der Waals surface area (Å²) < 4.78 is 0. The molecule has 0 aromatic carbocycles. The summed E-state index contributed by atoms with van der Waals surface area (Å²) in [5, 5.41) is 12.5. The highest BCUT2D eigenvalue weighted by atomic mass is 15.0. The third kappa shape index (κ3) is 2.56. The molecular formula is C14H20N4. The average molecular weight is 244 g/mol. The molecule has 3 atom stereocenters. The number of nitrogens with zero attached hydrogens (tertiary/aromatic N) is 2. The number of nitriles is 1. The molecule has 4 heteroatoms. The number of anilines is 2. The SMILES string of the molecule is CC1CCCC(Nc2ncc(N)cc2C#N)C1C. The van der Waals surface area contributed by atoms with Gasteiger partial charge in [-0.25, -0.2) is 4.98 Å². The lowest BCUT2D eigenvalue weighted by Crippen LogP contribution is -2.35. The van der Waals surface area contributed by atoms with Gasteiger partial charge in [-0.3, -0.25) is 0 Å². The van der Waals surface area contributed by atoms with Crippen molar-refractivity contribution in [3.05, 3.63) is 17.8 Å². The van der Waals surface area contributed by atoms with E-state index in [1.807, 2.05) is 0 Å². The van der Waals surface area contributed by atoms with Gasteiger partial charge >= 0.3 is 0 Å². The molecule has 0 saturated heterocycles. The molecule has 4 nitrogen and oxygen atoms in total. The minimum Gasteiger partial charge on any atom is -0.397 e. The van der Waals surface area contributed by atoms with Crippen molar-refractivity contribution in [2.45, 2.75) is 39.2 Å². The molecule has 1 aromatic rings. The Labute approximate surface area is 108 Å². The zero-order valence-electron chi connectivity index (χ0n) is 11.0. The van der Waals surface area contributed by atoms with Gasteiger partial charge in [-0.1, -0.05) is 26.7 Å². The molecule has 1 aromatic heterocycles. The van der Waals surface area contributed by atoms with Crippen LogP contribution in [-0.4, -0.2) is 11.0 Å². The Morgan fingerprint density at radius 1 is 1.44 bits per heavy atom. The number of pyridine rings is 1. The van der Waals surface area contributed by atoms with E-state index in [1.54, 1.807) is 12.3 Å². The quantitative estimate of drug-likeness (QED) is 0.838. The molecular weight excluding hydrogens is 224 g/mol. The van der Waals surface area contributed by atoms with Crippen LogP contribution < -0.4 is 11.1 Å². The van der Waals surface area contributed by atoms with Crippen molar-refractivity contribution < 1.29 is 0 Å². The Bertz CT molecular complexity index is 463. The normalized spacial score (nSPS) is 27.5. The molecule has 96 valence electrons. The van der Waals surface area contributed by atoms with Gasteiger partial charge < -0.3 is 11.1 Å². The molecule has 1 saturated carbocycles. The second-order valence-corrected chi connectivity index (χ2v) is 5.29. The van der Waals surface area contributed by atoms with E-state index in [4.69, 9.17) is 11.0 Å². The van der Waals surface area contributed by atoms with Crippen LogP contribution in [0.5, 0.6) is 0 Å². The van der Waals surface area contributed by atoms with Crippen LogP contribution in [0, 0.1) is 23.2 Å². The number of hydrogen-bond acceptors (Lipinski definition) is 4. The minimum atomic E-state index is 0.400. The highest BCUT2D eigenvalue weighted by Crippen LogP contribution is 2.31. The predicted octanol–water partition coefficient (Wildman–Crippen LogP) is 2.77. The standard InChI is InChI=1S/C14H20N4/c1-9-4-3-5-13(10(9)2)18-14-11(7-15)6-12(16)8-17-14/h6,8-10,13H,3-5,16H2,1-2H3,(H,17,18). The van der Waals surface area contributed by atoms with Crippen molar-refractivity contribution in [3.8, 4) is 6.07 Å². The Morgan fingerprint density at radius 2 is 2.22 bits per heavy atom. The maximum atomic E-state index is 9.10. The van der Waals surface area contributed by atoms with Crippen LogP contribution in [0.15, 0.2) is 12.3 Å². The lowest BCUT2D eigenvalue weighted by Gasteiger charge is -2.35. The van der Waals surface area contributed by atoms with E-state index in [-0.39, 0.29) is 0 Å². The van der Waals surface area contributed by atoms with Crippen molar-refractivity contribution in [1.82, 2.24) is 4.98 Å². The molecule has 1 aliphatic rings. The first-order valence-electron chi connectivity index (χ1n) is 6.54. The number of hydrogen-bond donors (Lipinski definition) is 2. The number of nitrogens with one attached hydrogen (secondary N) is 1. The summed E-state index contributed by atoms with van der Waals surface area (Å²) in [6.45, 7) is 4.56. The summed E-state index contributed by atoms with van der Waals surface area (Å²) in [5.41, 5.74) is 6.70. The highest BCUT2D eigenvalue weighted by Gasteiger charge is 2.27. The molecule has 0 amide bonds. The molecule has 1 aliphatic carbocycles. The minimum absolute atomic E-state index is 0.400. The first kappa shape index (κ1) is 12.7. The largest absolute Gasteiger partial charge is 0.397 e. The molecule has 0 bridgehead atoms. The molecule has 2 rings (SSSR count). The Kier molecular flexibility index (Phi) is 3.71. The van der Waals surface area contributed by atoms with Gasteiger partial charge in [0.2, 0.25) is 0 Å². The van der Waals surface area contributed by atoms with E-state index < -0.39 is 0 Å². The smallest absolute Gasteiger partial charge is 0.144 e. The van der Waals surface area contributed by atoms with E-state index in [0.29, 0.717) is 29.0 Å². The van der Waals surface area contributed by atoms with Gasteiger partial charge in [0.1, 0.15) is 11.9 Å². The fourth-order valence-corrected chi connectivity index (χ4v) is 2.64. The van der Waals surface area contributed by atoms with Crippen LogP contribution in [0.4, 0.5) is 11.5 Å². The number of aromatic nitrogens is 1. The van der Waals surface area contributed by atoms with Gasteiger partial charge in [-0.05, 0) is 24.3 Å². The van der Waals surface area contributed by atoms with E-state index >= 15 is 0 Å². The lowest BCUT2D eigenvalue weighted by atomic mass is 9.78. The molecule has 0 radical (unpaired) electrons. The van der Waals surface area contributed by atoms with Crippen LogP contribution in [0.3, 0.4) is 0 Å². The summed E-state index contributed by atoms with van der Waals surface area (Å²) in [7, 11) is 0. The van der Waals surface area contributed by atoms with E-state index in [0.717, 1.165) is 12.3 Å². The second-order valence-electron chi connectivity index (χ2n) is 5.29.